The van der Waals surface area contributed by atoms with Gasteiger partial charge in [0.15, 0.2) is 0 Å². The number of hydrogen-bond acceptors (Lipinski definition) is 3. The molecule has 1 amide bonds. The SMILES string of the molecule is CC(=O)N(O)CCCC(C)(C)S. The van der Waals surface area contributed by atoms with Gasteiger partial charge in [0, 0.05) is 18.2 Å². The van der Waals surface area contributed by atoms with Gasteiger partial charge in [-0.05, 0) is 12.8 Å². The average Bonchev–Trinajstić information content (AvgIpc) is 1.84. The molecule has 0 saturated heterocycles. The first-order valence-corrected chi connectivity index (χ1v) is 4.47. The van der Waals surface area contributed by atoms with Crippen molar-refractivity contribution in [2.45, 2.75) is 38.4 Å². The van der Waals surface area contributed by atoms with Gasteiger partial charge in [0.2, 0.25) is 5.91 Å². The van der Waals surface area contributed by atoms with E-state index < -0.39 is 0 Å². The Balaban J connectivity index is 3.51. The van der Waals surface area contributed by atoms with E-state index in [-0.39, 0.29) is 10.7 Å². The lowest BCUT2D eigenvalue weighted by atomic mass is 10.1. The third-order valence-corrected chi connectivity index (χ3v) is 1.75. The minimum atomic E-state index is -0.313. The number of carbonyl (C=O) groups excluding carboxylic acids is 1. The number of rotatable bonds is 4. The van der Waals surface area contributed by atoms with Gasteiger partial charge in [-0.2, -0.15) is 12.6 Å². The maximum absolute atomic E-state index is 10.6. The normalized spacial score (nSPS) is 11.4. The Morgan fingerprint density at radius 3 is 2.42 bits per heavy atom. The summed E-state index contributed by atoms with van der Waals surface area (Å²) in [6.45, 7) is 5.74. The van der Waals surface area contributed by atoms with Crippen LogP contribution in [0.15, 0.2) is 0 Å². The average molecular weight is 191 g/mol. The second kappa shape index (κ2) is 4.72. The molecule has 0 aliphatic heterocycles. The van der Waals surface area contributed by atoms with E-state index in [2.05, 4.69) is 12.6 Å². The number of thiol groups is 1. The summed E-state index contributed by atoms with van der Waals surface area (Å²) in [4.78, 5) is 10.6. The lowest BCUT2D eigenvalue weighted by Crippen LogP contribution is -2.26. The second-order valence-corrected chi connectivity index (χ2v) is 4.77. The zero-order chi connectivity index (χ0) is 9.78. The minimum absolute atomic E-state index is 0.0301. The maximum atomic E-state index is 10.6. The van der Waals surface area contributed by atoms with Crippen molar-refractivity contribution in [2.24, 2.45) is 0 Å². The molecule has 0 saturated carbocycles. The topological polar surface area (TPSA) is 40.5 Å². The van der Waals surface area contributed by atoms with Crippen LogP contribution in [0.3, 0.4) is 0 Å². The molecule has 72 valence electrons. The van der Waals surface area contributed by atoms with E-state index in [1.807, 2.05) is 13.8 Å². The van der Waals surface area contributed by atoms with Crippen LogP contribution in [-0.2, 0) is 4.79 Å². The number of nitrogens with zero attached hydrogens (tertiary/aromatic N) is 1. The van der Waals surface area contributed by atoms with Crippen molar-refractivity contribution in [3.63, 3.8) is 0 Å². The smallest absolute Gasteiger partial charge is 0.242 e. The highest BCUT2D eigenvalue weighted by Gasteiger charge is 2.12. The predicted molar refractivity (Wildman–Crippen MR) is 51.5 cm³/mol. The van der Waals surface area contributed by atoms with Crippen LogP contribution in [0.4, 0.5) is 0 Å². The van der Waals surface area contributed by atoms with Crippen LogP contribution >= 0.6 is 12.6 Å². The third kappa shape index (κ3) is 6.49. The first-order valence-electron chi connectivity index (χ1n) is 4.02. The van der Waals surface area contributed by atoms with Gasteiger partial charge in [0.25, 0.3) is 0 Å². The van der Waals surface area contributed by atoms with Crippen LogP contribution in [0.5, 0.6) is 0 Å². The van der Waals surface area contributed by atoms with Crippen LogP contribution < -0.4 is 0 Å². The number of amides is 1. The van der Waals surface area contributed by atoms with E-state index in [9.17, 15) is 4.79 Å². The molecule has 0 aromatic heterocycles. The summed E-state index contributed by atoms with van der Waals surface area (Å²) >= 11 is 4.32. The largest absolute Gasteiger partial charge is 0.286 e. The van der Waals surface area contributed by atoms with E-state index in [0.717, 1.165) is 17.9 Å². The van der Waals surface area contributed by atoms with Gasteiger partial charge in [-0.3, -0.25) is 10.0 Å². The van der Waals surface area contributed by atoms with Crippen LogP contribution in [-0.4, -0.2) is 27.5 Å². The molecule has 0 aromatic rings. The maximum Gasteiger partial charge on any atom is 0.242 e. The highest BCUT2D eigenvalue weighted by atomic mass is 32.1. The lowest BCUT2D eigenvalue weighted by Gasteiger charge is -2.18. The predicted octanol–water partition coefficient (Wildman–Crippen LogP) is 1.71. The summed E-state index contributed by atoms with van der Waals surface area (Å²) in [5.74, 6) is -0.313. The lowest BCUT2D eigenvalue weighted by molar-refractivity contribution is -0.162. The highest BCUT2D eigenvalue weighted by Crippen LogP contribution is 2.18. The molecule has 12 heavy (non-hydrogen) atoms. The molecule has 0 fully saturated rings. The Kier molecular flexibility index (Phi) is 4.63. The molecule has 3 nitrogen and oxygen atoms in total. The summed E-state index contributed by atoms with van der Waals surface area (Å²) in [5.41, 5.74) is 0. The zero-order valence-corrected chi connectivity index (χ0v) is 8.77. The molecule has 0 unspecified atom stereocenters. The molecular weight excluding hydrogens is 174 g/mol. The molecule has 0 aliphatic carbocycles. The molecule has 1 N–H and O–H groups in total. The Hall–Kier alpha value is -0.220. The van der Waals surface area contributed by atoms with Gasteiger partial charge in [-0.15, -0.1) is 0 Å². The number of carbonyl (C=O) groups is 1. The highest BCUT2D eigenvalue weighted by molar-refractivity contribution is 7.81. The third-order valence-electron chi connectivity index (χ3n) is 1.52. The van der Waals surface area contributed by atoms with E-state index in [1.54, 1.807) is 0 Å². The van der Waals surface area contributed by atoms with Gasteiger partial charge in [0.1, 0.15) is 0 Å². The summed E-state index contributed by atoms with van der Waals surface area (Å²) in [6, 6.07) is 0. The summed E-state index contributed by atoms with van der Waals surface area (Å²) in [6.07, 6.45) is 1.65. The molecule has 0 radical (unpaired) electrons. The van der Waals surface area contributed by atoms with Gasteiger partial charge < -0.3 is 0 Å². The molecule has 0 rings (SSSR count). The van der Waals surface area contributed by atoms with Crippen LogP contribution in [0.1, 0.15) is 33.6 Å². The molecule has 0 heterocycles. The fourth-order valence-corrected chi connectivity index (χ4v) is 0.977. The van der Waals surface area contributed by atoms with Crippen LogP contribution in [0.2, 0.25) is 0 Å². The fraction of sp³-hybridized carbons (Fsp3) is 0.875. The van der Waals surface area contributed by atoms with E-state index >= 15 is 0 Å². The molecule has 0 aliphatic rings. The first-order chi connectivity index (χ1) is 5.33. The zero-order valence-electron chi connectivity index (χ0n) is 7.87. The number of hydroxylamine groups is 2. The second-order valence-electron chi connectivity index (χ2n) is 3.56. The standard InChI is InChI=1S/C8H17NO2S/c1-7(10)9(11)6-4-5-8(2,3)12/h11-12H,4-6H2,1-3H3. The summed E-state index contributed by atoms with van der Waals surface area (Å²) in [5, 5.41) is 9.72. The monoisotopic (exact) mass is 191 g/mol. The van der Waals surface area contributed by atoms with Gasteiger partial charge in [-0.25, -0.2) is 5.06 Å². The van der Waals surface area contributed by atoms with Crippen molar-refractivity contribution < 1.29 is 10.0 Å². The van der Waals surface area contributed by atoms with Gasteiger partial charge >= 0.3 is 0 Å². The summed E-state index contributed by atoms with van der Waals surface area (Å²) < 4.78 is -0.0301. The Morgan fingerprint density at radius 1 is 1.58 bits per heavy atom. The molecule has 0 atom stereocenters. The van der Waals surface area contributed by atoms with Crippen molar-refractivity contribution in [3.8, 4) is 0 Å². The summed E-state index contributed by atoms with van der Waals surface area (Å²) in [7, 11) is 0. The molecule has 0 aromatic carbocycles. The Morgan fingerprint density at radius 2 is 2.08 bits per heavy atom. The molecule has 0 bridgehead atoms. The van der Waals surface area contributed by atoms with E-state index in [1.165, 1.54) is 6.92 Å². The Labute approximate surface area is 79.1 Å². The number of hydrogen-bond donors (Lipinski definition) is 2. The first kappa shape index (κ1) is 11.8. The van der Waals surface area contributed by atoms with E-state index in [4.69, 9.17) is 5.21 Å². The van der Waals surface area contributed by atoms with Crippen LogP contribution in [0, 0.1) is 0 Å². The van der Waals surface area contributed by atoms with Crippen molar-refractivity contribution in [3.05, 3.63) is 0 Å². The van der Waals surface area contributed by atoms with Gasteiger partial charge in [-0.1, -0.05) is 13.8 Å². The fourth-order valence-electron chi connectivity index (χ4n) is 0.819. The van der Waals surface area contributed by atoms with Crippen LogP contribution in [0.25, 0.3) is 0 Å². The minimum Gasteiger partial charge on any atom is -0.286 e. The van der Waals surface area contributed by atoms with Crippen molar-refractivity contribution in [2.75, 3.05) is 6.54 Å². The van der Waals surface area contributed by atoms with Gasteiger partial charge in [0.05, 0.1) is 0 Å². The van der Waals surface area contributed by atoms with Crippen molar-refractivity contribution in [1.29, 1.82) is 0 Å². The molecule has 4 heteroatoms. The Bertz CT molecular complexity index is 154. The van der Waals surface area contributed by atoms with Crippen molar-refractivity contribution >= 4 is 18.5 Å². The molecular formula is C8H17NO2S. The quantitative estimate of drug-likeness (QED) is 0.403. The van der Waals surface area contributed by atoms with Crippen molar-refractivity contribution in [1.82, 2.24) is 5.06 Å². The molecule has 0 spiro atoms. The van der Waals surface area contributed by atoms with E-state index in [0.29, 0.717) is 6.54 Å².